The highest BCUT2D eigenvalue weighted by Gasteiger charge is 2.23. The Morgan fingerprint density at radius 1 is 1.32 bits per heavy atom. The molecule has 0 bridgehead atoms. The molecule has 2 amide bonds. The summed E-state index contributed by atoms with van der Waals surface area (Å²) in [4.78, 5) is 26.1. The molecule has 0 aliphatic carbocycles. The highest BCUT2D eigenvalue weighted by molar-refractivity contribution is 5.75. The molecule has 0 aromatic heterocycles. The number of rotatable bonds is 7. The first kappa shape index (κ1) is 17.2. The zero-order valence-electron chi connectivity index (χ0n) is 12.1. The Bertz CT molecular complexity index is 350. The molecule has 0 rings (SSSR count). The summed E-state index contributed by atoms with van der Waals surface area (Å²) in [5, 5.41) is 17.5. The Labute approximate surface area is 114 Å². The normalized spacial score (nSPS) is 11.8. The summed E-state index contributed by atoms with van der Waals surface area (Å²) >= 11 is 0. The highest BCUT2D eigenvalue weighted by atomic mass is 16.4. The molecule has 0 saturated heterocycles. The van der Waals surface area contributed by atoms with Crippen molar-refractivity contribution in [3.05, 3.63) is 0 Å². The van der Waals surface area contributed by atoms with E-state index in [0.29, 0.717) is 13.1 Å². The molecule has 0 heterocycles. The van der Waals surface area contributed by atoms with Crippen molar-refractivity contribution in [3.63, 3.8) is 0 Å². The van der Waals surface area contributed by atoms with Crippen LogP contribution in [0, 0.1) is 17.2 Å². The maximum absolute atomic E-state index is 12.3. The minimum absolute atomic E-state index is 0.0710. The summed E-state index contributed by atoms with van der Waals surface area (Å²) in [6.07, 6.45) is -0.0741. The molecule has 0 radical (unpaired) electrons. The van der Waals surface area contributed by atoms with Gasteiger partial charge in [0.15, 0.2) is 0 Å². The van der Waals surface area contributed by atoms with Crippen LogP contribution < -0.4 is 0 Å². The van der Waals surface area contributed by atoms with Crippen molar-refractivity contribution in [3.8, 4) is 6.07 Å². The molecule has 6 nitrogen and oxygen atoms in total. The van der Waals surface area contributed by atoms with Crippen molar-refractivity contribution in [1.29, 1.82) is 5.26 Å². The lowest BCUT2D eigenvalue weighted by Gasteiger charge is -2.33. The standard InChI is InChI=1S/C13H23N3O3/c1-5-15(9-11(4)8-14)13(19)16(10(2)3)7-6-12(17)18/h10-11H,5-7,9H2,1-4H3,(H,17,18). The van der Waals surface area contributed by atoms with Crippen LogP contribution in [0.3, 0.4) is 0 Å². The number of hydrogen-bond donors (Lipinski definition) is 1. The Balaban J connectivity index is 4.75. The number of carboxylic acid groups (broad SMARTS) is 1. The number of carbonyl (C=O) groups is 2. The van der Waals surface area contributed by atoms with E-state index in [2.05, 4.69) is 6.07 Å². The summed E-state index contributed by atoms with van der Waals surface area (Å²) in [5.41, 5.74) is 0. The van der Waals surface area contributed by atoms with Crippen LogP contribution in [0.25, 0.3) is 0 Å². The number of aliphatic carboxylic acids is 1. The first-order valence-corrected chi connectivity index (χ1v) is 6.50. The molecular weight excluding hydrogens is 246 g/mol. The third kappa shape index (κ3) is 6.09. The van der Waals surface area contributed by atoms with Crippen molar-refractivity contribution in [2.75, 3.05) is 19.6 Å². The van der Waals surface area contributed by atoms with E-state index in [0.717, 1.165) is 0 Å². The van der Waals surface area contributed by atoms with Gasteiger partial charge >= 0.3 is 12.0 Å². The van der Waals surface area contributed by atoms with Crippen molar-refractivity contribution < 1.29 is 14.7 Å². The molecule has 0 aromatic carbocycles. The lowest BCUT2D eigenvalue weighted by Crippen LogP contribution is -2.48. The topological polar surface area (TPSA) is 84.6 Å². The summed E-state index contributed by atoms with van der Waals surface area (Å²) < 4.78 is 0. The third-order valence-electron chi connectivity index (χ3n) is 2.80. The van der Waals surface area contributed by atoms with Gasteiger partial charge in [0, 0.05) is 25.7 Å². The van der Waals surface area contributed by atoms with Crippen LogP contribution >= 0.6 is 0 Å². The fraction of sp³-hybridized carbons (Fsp3) is 0.769. The Kier molecular flexibility index (Phi) is 7.57. The average molecular weight is 269 g/mol. The molecule has 108 valence electrons. The lowest BCUT2D eigenvalue weighted by molar-refractivity contribution is -0.137. The Hall–Kier alpha value is -1.77. The SMILES string of the molecule is CCN(CC(C)C#N)C(=O)N(CCC(=O)O)C(C)C. The first-order valence-electron chi connectivity index (χ1n) is 6.50. The summed E-state index contributed by atoms with van der Waals surface area (Å²) in [7, 11) is 0. The molecule has 1 N–H and O–H groups in total. The van der Waals surface area contributed by atoms with Crippen molar-refractivity contribution >= 4 is 12.0 Å². The molecule has 0 spiro atoms. The van der Waals surface area contributed by atoms with Gasteiger partial charge in [-0.25, -0.2) is 4.79 Å². The smallest absolute Gasteiger partial charge is 0.320 e. The van der Waals surface area contributed by atoms with Crippen LogP contribution in [0.4, 0.5) is 4.79 Å². The van der Waals surface area contributed by atoms with Gasteiger partial charge in [0.1, 0.15) is 0 Å². The zero-order chi connectivity index (χ0) is 15.0. The van der Waals surface area contributed by atoms with Gasteiger partial charge in [0.05, 0.1) is 18.4 Å². The number of amides is 2. The maximum atomic E-state index is 12.3. The number of nitrogens with zero attached hydrogens (tertiary/aromatic N) is 3. The van der Waals surface area contributed by atoms with Gasteiger partial charge < -0.3 is 14.9 Å². The van der Waals surface area contributed by atoms with Crippen LogP contribution in [-0.4, -0.2) is 52.6 Å². The first-order chi connectivity index (χ1) is 8.83. The second kappa shape index (κ2) is 8.35. The van der Waals surface area contributed by atoms with Crippen LogP contribution in [0.5, 0.6) is 0 Å². The highest BCUT2D eigenvalue weighted by Crippen LogP contribution is 2.08. The molecule has 0 aliphatic rings. The number of urea groups is 1. The minimum atomic E-state index is -0.924. The van der Waals surface area contributed by atoms with E-state index in [4.69, 9.17) is 10.4 Å². The summed E-state index contributed by atoms with van der Waals surface area (Å²) in [5.74, 6) is -1.16. The van der Waals surface area contributed by atoms with Gasteiger partial charge in [0.25, 0.3) is 0 Å². The molecule has 1 atom stereocenters. The second-order valence-electron chi connectivity index (χ2n) is 4.78. The zero-order valence-corrected chi connectivity index (χ0v) is 12.1. The quantitative estimate of drug-likeness (QED) is 0.763. The number of nitriles is 1. The molecule has 0 aromatic rings. The lowest BCUT2D eigenvalue weighted by atomic mass is 10.2. The summed E-state index contributed by atoms with van der Waals surface area (Å²) in [6.45, 7) is 8.35. The molecule has 0 saturated carbocycles. The van der Waals surface area contributed by atoms with E-state index < -0.39 is 5.97 Å². The molecule has 0 aliphatic heterocycles. The predicted octanol–water partition coefficient (Wildman–Crippen LogP) is 1.77. The molecule has 6 heteroatoms. The fourth-order valence-corrected chi connectivity index (χ4v) is 1.69. The van der Waals surface area contributed by atoms with Gasteiger partial charge in [-0.15, -0.1) is 0 Å². The van der Waals surface area contributed by atoms with E-state index in [1.54, 1.807) is 11.8 Å². The molecular formula is C13H23N3O3. The number of carbonyl (C=O) groups excluding carboxylic acids is 1. The van der Waals surface area contributed by atoms with Gasteiger partial charge in [-0.3, -0.25) is 4.79 Å². The van der Waals surface area contributed by atoms with E-state index in [1.165, 1.54) is 4.90 Å². The van der Waals surface area contributed by atoms with E-state index in [-0.39, 0.29) is 31.0 Å². The van der Waals surface area contributed by atoms with Crippen molar-refractivity contribution in [2.24, 2.45) is 5.92 Å². The van der Waals surface area contributed by atoms with Crippen LogP contribution in [-0.2, 0) is 4.79 Å². The van der Waals surface area contributed by atoms with E-state index in [1.807, 2.05) is 20.8 Å². The van der Waals surface area contributed by atoms with E-state index in [9.17, 15) is 9.59 Å². The van der Waals surface area contributed by atoms with Gasteiger partial charge in [0.2, 0.25) is 0 Å². The fourth-order valence-electron chi connectivity index (χ4n) is 1.69. The van der Waals surface area contributed by atoms with Gasteiger partial charge in [-0.1, -0.05) is 0 Å². The summed E-state index contributed by atoms with van der Waals surface area (Å²) in [6, 6.07) is 1.82. The van der Waals surface area contributed by atoms with E-state index >= 15 is 0 Å². The van der Waals surface area contributed by atoms with Crippen molar-refractivity contribution in [1.82, 2.24) is 9.80 Å². The number of carboxylic acids is 1. The number of hydrogen-bond acceptors (Lipinski definition) is 3. The Morgan fingerprint density at radius 2 is 1.89 bits per heavy atom. The van der Waals surface area contributed by atoms with Crippen LogP contribution in [0.15, 0.2) is 0 Å². The van der Waals surface area contributed by atoms with Crippen LogP contribution in [0.2, 0.25) is 0 Å². The molecule has 1 unspecified atom stereocenters. The average Bonchev–Trinajstić information content (AvgIpc) is 2.34. The Morgan fingerprint density at radius 3 is 2.26 bits per heavy atom. The monoisotopic (exact) mass is 269 g/mol. The predicted molar refractivity (Wildman–Crippen MR) is 71.5 cm³/mol. The molecule has 19 heavy (non-hydrogen) atoms. The third-order valence-corrected chi connectivity index (χ3v) is 2.80. The van der Waals surface area contributed by atoms with Gasteiger partial charge in [-0.05, 0) is 27.7 Å². The second-order valence-corrected chi connectivity index (χ2v) is 4.78. The minimum Gasteiger partial charge on any atom is -0.481 e. The molecule has 0 fully saturated rings. The van der Waals surface area contributed by atoms with Gasteiger partial charge in [-0.2, -0.15) is 5.26 Å². The maximum Gasteiger partial charge on any atom is 0.320 e. The largest absolute Gasteiger partial charge is 0.481 e. The van der Waals surface area contributed by atoms with Crippen molar-refractivity contribution in [2.45, 2.75) is 40.2 Å². The van der Waals surface area contributed by atoms with Crippen LogP contribution in [0.1, 0.15) is 34.1 Å².